The number of alkyl halides is 3. The Morgan fingerprint density at radius 2 is 1.50 bits per heavy atom. The highest BCUT2D eigenvalue weighted by molar-refractivity contribution is 5.98. The maximum atomic E-state index is 13.3. The smallest absolute Gasteiger partial charge is 0.416 e. The van der Waals surface area contributed by atoms with E-state index in [1.54, 1.807) is 40.0 Å². The van der Waals surface area contributed by atoms with Gasteiger partial charge in [-0.05, 0) is 61.2 Å². The van der Waals surface area contributed by atoms with Crippen LogP contribution in [0.1, 0.15) is 54.9 Å². The van der Waals surface area contributed by atoms with Crippen molar-refractivity contribution in [2.45, 2.75) is 57.3 Å². The summed E-state index contributed by atoms with van der Waals surface area (Å²) in [6, 6.07) is 7.87. The molecule has 1 atom stereocenters. The molecule has 1 unspecified atom stereocenters. The number of nitrogens with two attached hydrogens (primary N) is 1. The van der Waals surface area contributed by atoms with E-state index in [1.165, 1.54) is 0 Å². The number of aliphatic carboxylic acids is 2. The molecule has 0 aliphatic carbocycles. The summed E-state index contributed by atoms with van der Waals surface area (Å²) >= 11 is 0. The van der Waals surface area contributed by atoms with Gasteiger partial charge < -0.3 is 30.3 Å². The molecular formula is C32H38F3N3O6. The Hall–Kier alpha value is -4.03. The van der Waals surface area contributed by atoms with E-state index in [9.17, 15) is 33.0 Å². The quantitative estimate of drug-likeness (QED) is 0.338. The van der Waals surface area contributed by atoms with Gasteiger partial charge in [-0.3, -0.25) is 4.90 Å². The number of carbonyl (C=O) groups is 2. The minimum atomic E-state index is -4.61. The number of benzene rings is 2. The standard InChI is InChI=1S/C32H38F3N3O6/c1-31(2,36)16-23-28(30(41)42)26(18-6-8-21(9-7-18)32(33,34)35)27(29(39)40)22(37(23)3)11-13-38-12-10-19-14-24(43-4)25(44-5)15-20(19)17-38/h6-9,14-15,26H,10-13,16-17,36H2,1-5H3,(H,39,40)(H,41,42). The third kappa shape index (κ3) is 6.86. The molecule has 0 saturated heterocycles. The molecule has 12 heteroatoms. The molecule has 44 heavy (non-hydrogen) atoms. The molecular weight excluding hydrogens is 579 g/mol. The topological polar surface area (TPSA) is 126 Å². The zero-order chi connectivity index (χ0) is 32.6. The molecule has 4 N–H and O–H groups in total. The van der Waals surface area contributed by atoms with Crippen molar-refractivity contribution in [2.24, 2.45) is 5.73 Å². The lowest BCUT2D eigenvalue weighted by molar-refractivity contribution is -0.138. The van der Waals surface area contributed by atoms with Gasteiger partial charge in [-0.15, -0.1) is 0 Å². The third-order valence-electron chi connectivity index (χ3n) is 8.13. The molecule has 2 heterocycles. The number of fused-ring (bicyclic) bond motifs is 1. The summed E-state index contributed by atoms with van der Waals surface area (Å²) in [6.45, 7) is 5.18. The lowest BCUT2D eigenvalue weighted by Crippen LogP contribution is -2.41. The maximum absolute atomic E-state index is 13.3. The molecule has 238 valence electrons. The highest BCUT2D eigenvalue weighted by atomic mass is 19.4. The van der Waals surface area contributed by atoms with Crippen LogP contribution in [0.3, 0.4) is 0 Å². The van der Waals surface area contributed by atoms with Crippen molar-refractivity contribution in [3.8, 4) is 11.5 Å². The Balaban J connectivity index is 1.76. The summed E-state index contributed by atoms with van der Waals surface area (Å²) in [5.74, 6) is -2.77. The lowest BCUT2D eigenvalue weighted by atomic mass is 9.77. The molecule has 2 aliphatic heterocycles. The van der Waals surface area contributed by atoms with Crippen LogP contribution >= 0.6 is 0 Å². The molecule has 0 bridgehead atoms. The van der Waals surface area contributed by atoms with Gasteiger partial charge in [-0.2, -0.15) is 13.2 Å². The van der Waals surface area contributed by atoms with E-state index < -0.39 is 35.1 Å². The highest BCUT2D eigenvalue weighted by Crippen LogP contribution is 2.45. The number of carboxylic acids is 2. The monoisotopic (exact) mass is 617 g/mol. The van der Waals surface area contributed by atoms with Gasteiger partial charge in [0.15, 0.2) is 11.5 Å². The minimum absolute atomic E-state index is 0.0946. The van der Waals surface area contributed by atoms with Gasteiger partial charge in [-0.25, -0.2) is 9.59 Å². The summed E-state index contributed by atoms with van der Waals surface area (Å²) in [5.41, 5.74) is 7.15. The molecule has 0 saturated carbocycles. The van der Waals surface area contributed by atoms with Crippen LogP contribution in [0, 0.1) is 0 Å². The maximum Gasteiger partial charge on any atom is 0.416 e. The van der Waals surface area contributed by atoms with Crippen LogP contribution in [0.5, 0.6) is 11.5 Å². The SMILES string of the molecule is COc1cc2c(cc1OC)CN(CCC1=C(C(=O)O)C(c3ccc(C(F)(F)F)cc3)C(C(=O)O)=C(CC(C)(C)N)N1C)CC2. The Bertz CT molecular complexity index is 1490. The molecule has 9 nitrogen and oxygen atoms in total. The van der Waals surface area contributed by atoms with Gasteiger partial charge in [0.2, 0.25) is 0 Å². The second kappa shape index (κ2) is 12.5. The first-order valence-electron chi connectivity index (χ1n) is 14.1. The molecule has 0 spiro atoms. The molecule has 4 rings (SSSR count). The van der Waals surface area contributed by atoms with Crippen LogP contribution in [0.2, 0.25) is 0 Å². The van der Waals surface area contributed by atoms with Gasteiger partial charge in [0, 0.05) is 56.5 Å². The van der Waals surface area contributed by atoms with Crippen LogP contribution in [0.15, 0.2) is 58.9 Å². The van der Waals surface area contributed by atoms with E-state index in [2.05, 4.69) is 4.90 Å². The largest absolute Gasteiger partial charge is 0.493 e. The van der Waals surface area contributed by atoms with Gasteiger partial charge in [-0.1, -0.05) is 12.1 Å². The summed E-state index contributed by atoms with van der Waals surface area (Å²) < 4.78 is 50.9. The Morgan fingerprint density at radius 1 is 0.955 bits per heavy atom. The van der Waals surface area contributed by atoms with Crippen LogP contribution in [-0.2, 0) is 28.7 Å². The first-order chi connectivity index (χ1) is 20.6. The number of halogens is 3. The number of methoxy groups -OCH3 is 2. The number of nitrogens with zero attached hydrogens (tertiary/aromatic N) is 2. The Labute approximate surface area is 254 Å². The Morgan fingerprint density at radius 3 is 2.00 bits per heavy atom. The summed E-state index contributed by atoms with van der Waals surface area (Å²) in [7, 11) is 4.76. The number of rotatable bonds is 10. The van der Waals surface area contributed by atoms with Crippen molar-refractivity contribution < 1.29 is 42.4 Å². The molecule has 0 fully saturated rings. The van der Waals surface area contributed by atoms with Gasteiger partial charge in [0.1, 0.15) is 0 Å². The number of carboxylic acid groups (broad SMARTS) is 2. The van der Waals surface area contributed by atoms with E-state index in [0.29, 0.717) is 42.5 Å². The first-order valence-corrected chi connectivity index (χ1v) is 14.1. The molecule has 0 radical (unpaired) electrons. The van der Waals surface area contributed by atoms with Crippen LogP contribution in [0.25, 0.3) is 0 Å². The predicted molar refractivity (Wildman–Crippen MR) is 157 cm³/mol. The van der Waals surface area contributed by atoms with E-state index >= 15 is 0 Å². The van der Waals surface area contributed by atoms with Crippen LogP contribution in [-0.4, -0.2) is 71.8 Å². The normalized spacial score (nSPS) is 17.9. The van der Waals surface area contributed by atoms with Crippen molar-refractivity contribution in [1.29, 1.82) is 0 Å². The first kappa shape index (κ1) is 32.9. The van der Waals surface area contributed by atoms with E-state index in [0.717, 1.165) is 41.8 Å². The molecule has 0 amide bonds. The van der Waals surface area contributed by atoms with Gasteiger partial charge in [0.25, 0.3) is 0 Å². The second-order valence-corrected chi connectivity index (χ2v) is 11.9. The highest BCUT2D eigenvalue weighted by Gasteiger charge is 2.42. The average Bonchev–Trinajstić information content (AvgIpc) is 2.94. The zero-order valence-corrected chi connectivity index (χ0v) is 25.4. The lowest BCUT2D eigenvalue weighted by Gasteiger charge is -2.40. The molecule has 0 aromatic heterocycles. The molecule has 2 aliphatic rings. The number of hydrogen-bond donors (Lipinski definition) is 3. The fourth-order valence-electron chi connectivity index (χ4n) is 6.04. The van der Waals surface area contributed by atoms with E-state index in [-0.39, 0.29) is 29.6 Å². The van der Waals surface area contributed by atoms with Crippen molar-refractivity contribution in [2.75, 3.05) is 34.4 Å². The number of ether oxygens (including phenoxy) is 2. The van der Waals surface area contributed by atoms with Crippen molar-refractivity contribution in [3.63, 3.8) is 0 Å². The van der Waals surface area contributed by atoms with E-state index in [4.69, 9.17) is 15.2 Å². The fourth-order valence-corrected chi connectivity index (χ4v) is 6.04. The van der Waals surface area contributed by atoms with Crippen molar-refractivity contribution in [1.82, 2.24) is 9.80 Å². The second-order valence-electron chi connectivity index (χ2n) is 11.9. The van der Waals surface area contributed by atoms with Crippen molar-refractivity contribution in [3.05, 3.63) is 81.2 Å². The van der Waals surface area contributed by atoms with Gasteiger partial charge in [0.05, 0.1) is 36.8 Å². The van der Waals surface area contributed by atoms with Crippen LogP contribution in [0.4, 0.5) is 13.2 Å². The molecule has 2 aromatic rings. The Kier molecular flexibility index (Phi) is 9.36. The zero-order valence-electron chi connectivity index (χ0n) is 25.4. The van der Waals surface area contributed by atoms with Crippen LogP contribution < -0.4 is 15.2 Å². The number of hydrogen-bond acceptors (Lipinski definition) is 7. The predicted octanol–water partition coefficient (Wildman–Crippen LogP) is 5.00. The van der Waals surface area contributed by atoms with E-state index in [1.807, 2.05) is 12.1 Å². The summed E-state index contributed by atoms with van der Waals surface area (Å²) in [6.07, 6.45) is -3.53. The summed E-state index contributed by atoms with van der Waals surface area (Å²) in [5, 5.41) is 20.9. The molecule has 2 aromatic carbocycles. The minimum Gasteiger partial charge on any atom is -0.493 e. The fraction of sp³-hybridized carbons (Fsp3) is 0.438. The summed E-state index contributed by atoms with van der Waals surface area (Å²) in [4.78, 5) is 29.4. The van der Waals surface area contributed by atoms with Gasteiger partial charge >= 0.3 is 18.1 Å². The average molecular weight is 618 g/mol. The third-order valence-corrected chi connectivity index (χ3v) is 8.13. The van der Waals surface area contributed by atoms with Crippen molar-refractivity contribution >= 4 is 11.9 Å².